The van der Waals surface area contributed by atoms with E-state index in [4.69, 9.17) is 0 Å². The number of hydrogen-bond acceptors (Lipinski definition) is 6. The number of aromatic carboxylic acids is 1. The van der Waals surface area contributed by atoms with Crippen molar-refractivity contribution in [2.24, 2.45) is 0 Å². The Morgan fingerprint density at radius 1 is 1.15 bits per heavy atom. The predicted molar refractivity (Wildman–Crippen MR) is 67.7 cm³/mol. The maximum atomic E-state index is 11.9. The van der Waals surface area contributed by atoms with E-state index in [1.54, 1.807) is 24.3 Å². The minimum absolute atomic E-state index is 0.0321. The van der Waals surface area contributed by atoms with Crippen LogP contribution in [0.15, 0.2) is 41.5 Å². The van der Waals surface area contributed by atoms with Crippen molar-refractivity contribution < 1.29 is 9.90 Å². The smallest absolute Gasteiger partial charge is 0.259 e. The van der Waals surface area contributed by atoms with Gasteiger partial charge in [-0.2, -0.15) is 0 Å². The van der Waals surface area contributed by atoms with E-state index in [1.165, 1.54) is 12.4 Å². The molecule has 0 aliphatic rings. The van der Waals surface area contributed by atoms with Gasteiger partial charge in [0.1, 0.15) is 11.4 Å². The van der Waals surface area contributed by atoms with Crippen molar-refractivity contribution in [1.29, 1.82) is 0 Å². The molecule has 0 spiro atoms. The number of aromatic nitrogens is 4. The number of carbonyl (C=O) groups is 1. The molecule has 0 bridgehead atoms. The average molecular weight is 267 g/mol. The Morgan fingerprint density at radius 2 is 1.90 bits per heavy atom. The maximum Gasteiger partial charge on any atom is 0.259 e. The summed E-state index contributed by atoms with van der Waals surface area (Å²) in [7, 11) is 0. The lowest BCUT2D eigenvalue weighted by molar-refractivity contribution is -0.255. The molecule has 0 unspecified atom stereocenters. The normalized spacial score (nSPS) is 10.6. The van der Waals surface area contributed by atoms with Crippen molar-refractivity contribution in [3.8, 4) is 11.5 Å². The van der Waals surface area contributed by atoms with Crippen LogP contribution < -0.4 is 10.7 Å². The molecule has 2 aromatic heterocycles. The van der Waals surface area contributed by atoms with E-state index in [-0.39, 0.29) is 22.8 Å². The van der Waals surface area contributed by atoms with Crippen LogP contribution in [0.25, 0.3) is 22.4 Å². The highest BCUT2D eigenvalue weighted by molar-refractivity contribution is 5.90. The molecule has 0 aliphatic carbocycles. The zero-order chi connectivity index (χ0) is 14.1. The fourth-order valence-electron chi connectivity index (χ4n) is 1.86. The summed E-state index contributed by atoms with van der Waals surface area (Å²) in [6.45, 7) is 0. The summed E-state index contributed by atoms with van der Waals surface area (Å²) >= 11 is 0. The Morgan fingerprint density at radius 3 is 2.70 bits per heavy atom. The molecular formula is C13H7N4O3-. The topological polar surface area (TPSA) is 112 Å². The highest BCUT2D eigenvalue weighted by Gasteiger charge is 2.12. The van der Waals surface area contributed by atoms with Crippen LogP contribution in [0.3, 0.4) is 0 Å². The lowest BCUT2D eigenvalue weighted by atomic mass is 10.2. The Bertz CT molecular complexity index is 873. The maximum absolute atomic E-state index is 11.9. The first-order valence-electron chi connectivity index (χ1n) is 5.68. The number of carboxylic acid groups (broad SMARTS) is 1. The van der Waals surface area contributed by atoms with Crippen LogP contribution in [0.1, 0.15) is 10.5 Å². The van der Waals surface area contributed by atoms with Crippen LogP contribution in [-0.4, -0.2) is 25.9 Å². The van der Waals surface area contributed by atoms with Gasteiger partial charge in [-0.3, -0.25) is 9.78 Å². The number of benzene rings is 1. The van der Waals surface area contributed by atoms with Crippen molar-refractivity contribution in [1.82, 2.24) is 19.9 Å². The van der Waals surface area contributed by atoms with Crippen LogP contribution >= 0.6 is 0 Å². The Labute approximate surface area is 112 Å². The van der Waals surface area contributed by atoms with Crippen LogP contribution in [0, 0.1) is 0 Å². The van der Waals surface area contributed by atoms with Gasteiger partial charge < -0.3 is 14.9 Å². The summed E-state index contributed by atoms with van der Waals surface area (Å²) in [5, 5.41) is 11.4. The molecule has 20 heavy (non-hydrogen) atoms. The van der Waals surface area contributed by atoms with Gasteiger partial charge in [-0.1, -0.05) is 12.1 Å². The third-order valence-electron chi connectivity index (χ3n) is 2.73. The molecule has 3 aromatic rings. The molecule has 0 saturated heterocycles. The SMILES string of the molecule is O=C([O-])c1nccnc1-c1nc2ccccc2c(=O)[nH]1. The number of carboxylic acids is 1. The standard InChI is InChI=1S/C13H8N4O3/c18-12-7-3-1-2-4-8(7)16-11(17-12)9-10(13(19)20)15-6-5-14-9/h1-6H,(H,19,20)(H,16,17,18)/p-1. The lowest BCUT2D eigenvalue weighted by Gasteiger charge is -2.07. The number of carbonyl (C=O) groups excluding carboxylic acids is 1. The van der Waals surface area contributed by atoms with E-state index >= 15 is 0 Å². The van der Waals surface area contributed by atoms with E-state index in [1.807, 2.05) is 0 Å². The molecule has 7 heteroatoms. The van der Waals surface area contributed by atoms with Crippen molar-refractivity contribution in [3.63, 3.8) is 0 Å². The predicted octanol–water partition coefficient (Wildman–Crippen LogP) is -0.256. The molecule has 0 amide bonds. The zero-order valence-corrected chi connectivity index (χ0v) is 10.0. The van der Waals surface area contributed by atoms with E-state index in [2.05, 4.69) is 19.9 Å². The van der Waals surface area contributed by atoms with Crippen LogP contribution in [-0.2, 0) is 0 Å². The second-order valence-electron chi connectivity index (χ2n) is 3.97. The molecule has 0 fully saturated rings. The first-order valence-corrected chi connectivity index (χ1v) is 5.68. The average Bonchev–Trinajstić information content (AvgIpc) is 2.47. The number of para-hydroxylation sites is 1. The van der Waals surface area contributed by atoms with Crippen molar-refractivity contribution >= 4 is 16.9 Å². The van der Waals surface area contributed by atoms with E-state index in [0.29, 0.717) is 10.9 Å². The summed E-state index contributed by atoms with van der Waals surface area (Å²) in [6.07, 6.45) is 2.55. The molecule has 0 radical (unpaired) electrons. The first kappa shape index (κ1) is 12.0. The van der Waals surface area contributed by atoms with Gasteiger partial charge in [-0.05, 0) is 12.1 Å². The quantitative estimate of drug-likeness (QED) is 0.684. The second-order valence-corrected chi connectivity index (χ2v) is 3.97. The highest BCUT2D eigenvalue weighted by atomic mass is 16.4. The number of hydrogen-bond donors (Lipinski definition) is 1. The summed E-state index contributed by atoms with van der Waals surface area (Å²) in [5.41, 5.74) is -0.331. The monoisotopic (exact) mass is 267 g/mol. The van der Waals surface area contributed by atoms with Crippen molar-refractivity contribution in [2.45, 2.75) is 0 Å². The summed E-state index contributed by atoms with van der Waals surface area (Å²) in [4.78, 5) is 37.2. The van der Waals surface area contributed by atoms with Gasteiger partial charge in [0.2, 0.25) is 0 Å². The van der Waals surface area contributed by atoms with Gasteiger partial charge in [0.25, 0.3) is 5.56 Å². The minimum Gasteiger partial charge on any atom is -0.543 e. The number of H-pyrrole nitrogens is 1. The number of nitrogens with one attached hydrogen (secondary N) is 1. The molecule has 1 aromatic carbocycles. The van der Waals surface area contributed by atoms with Crippen LogP contribution in [0.2, 0.25) is 0 Å². The molecule has 98 valence electrons. The lowest BCUT2D eigenvalue weighted by Crippen LogP contribution is -2.25. The van der Waals surface area contributed by atoms with Crippen molar-refractivity contribution in [3.05, 3.63) is 52.7 Å². The second kappa shape index (κ2) is 4.54. The molecule has 0 atom stereocenters. The number of rotatable bonds is 2. The highest BCUT2D eigenvalue weighted by Crippen LogP contribution is 2.16. The fraction of sp³-hybridized carbons (Fsp3) is 0. The summed E-state index contributed by atoms with van der Waals surface area (Å²) in [6, 6.07) is 6.73. The van der Waals surface area contributed by atoms with E-state index in [0.717, 1.165) is 0 Å². The number of fused-ring (bicyclic) bond motifs is 1. The van der Waals surface area contributed by atoms with Gasteiger partial charge in [-0.15, -0.1) is 0 Å². The van der Waals surface area contributed by atoms with Gasteiger partial charge in [0.05, 0.1) is 16.9 Å². The molecule has 3 rings (SSSR count). The van der Waals surface area contributed by atoms with Gasteiger partial charge in [-0.25, -0.2) is 9.97 Å². The molecule has 1 N–H and O–H groups in total. The van der Waals surface area contributed by atoms with E-state index < -0.39 is 5.97 Å². The zero-order valence-electron chi connectivity index (χ0n) is 10.0. The Hall–Kier alpha value is -3.09. The van der Waals surface area contributed by atoms with Gasteiger partial charge in [0.15, 0.2) is 5.82 Å². The number of nitrogens with zero attached hydrogens (tertiary/aromatic N) is 3. The van der Waals surface area contributed by atoms with Gasteiger partial charge in [0, 0.05) is 12.4 Å². The molecule has 0 aliphatic heterocycles. The van der Waals surface area contributed by atoms with Crippen molar-refractivity contribution in [2.75, 3.05) is 0 Å². The fourth-order valence-corrected chi connectivity index (χ4v) is 1.86. The summed E-state index contributed by atoms with van der Waals surface area (Å²) in [5.74, 6) is -1.44. The third-order valence-corrected chi connectivity index (χ3v) is 2.73. The minimum atomic E-state index is -1.48. The first-order chi connectivity index (χ1) is 9.66. The third kappa shape index (κ3) is 1.91. The largest absolute Gasteiger partial charge is 0.543 e. The Kier molecular flexibility index (Phi) is 2.72. The van der Waals surface area contributed by atoms with E-state index in [9.17, 15) is 14.7 Å². The molecule has 2 heterocycles. The molecule has 7 nitrogen and oxygen atoms in total. The Balaban J connectivity index is 2.31. The van der Waals surface area contributed by atoms with Crippen LogP contribution in [0.4, 0.5) is 0 Å². The summed E-state index contributed by atoms with van der Waals surface area (Å²) < 4.78 is 0. The van der Waals surface area contributed by atoms with Crippen LogP contribution in [0.5, 0.6) is 0 Å². The molecular weight excluding hydrogens is 260 g/mol. The molecule has 0 saturated carbocycles. The van der Waals surface area contributed by atoms with Gasteiger partial charge >= 0.3 is 0 Å². The number of aromatic amines is 1.